The summed E-state index contributed by atoms with van der Waals surface area (Å²) < 4.78 is 15.4. The summed E-state index contributed by atoms with van der Waals surface area (Å²) in [6.07, 6.45) is 3.63. The third-order valence-corrected chi connectivity index (χ3v) is 4.19. The van der Waals surface area contributed by atoms with Crippen LogP contribution in [0.1, 0.15) is 12.8 Å². The van der Waals surface area contributed by atoms with Crippen LogP contribution in [0.5, 0.6) is 0 Å². The van der Waals surface area contributed by atoms with E-state index in [1.54, 1.807) is 12.1 Å². The second kappa shape index (κ2) is 5.56. The van der Waals surface area contributed by atoms with Gasteiger partial charge in [0, 0.05) is 6.04 Å². The van der Waals surface area contributed by atoms with Crippen LogP contribution in [0.2, 0.25) is 0 Å². The maximum Gasteiger partial charge on any atom is 0.146 e. The molecule has 2 heterocycles. The predicted octanol–water partition coefficient (Wildman–Crippen LogP) is 2.11. The molecule has 1 fully saturated rings. The van der Waals surface area contributed by atoms with Crippen molar-refractivity contribution in [1.82, 2.24) is 20.2 Å². The molecule has 1 saturated heterocycles. The van der Waals surface area contributed by atoms with Crippen molar-refractivity contribution < 1.29 is 4.39 Å². The van der Waals surface area contributed by atoms with E-state index in [0.29, 0.717) is 11.7 Å². The van der Waals surface area contributed by atoms with Crippen LogP contribution in [-0.2, 0) is 0 Å². The van der Waals surface area contributed by atoms with Gasteiger partial charge in [-0.25, -0.2) is 9.07 Å². The Bertz CT molecular complexity index is 539. The lowest BCUT2D eigenvalue weighted by molar-refractivity contribution is 0.613. The average Bonchev–Trinajstić information content (AvgIpc) is 2.96. The van der Waals surface area contributed by atoms with Gasteiger partial charge >= 0.3 is 0 Å². The van der Waals surface area contributed by atoms with Gasteiger partial charge in [0.1, 0.15) is 12.1 Å². The zero-order chi connectivity index (χ0) is 13.1. The molecule has 0 atom stereocenters. The Morgan fingerprint density at radius 3 is 2.89 bits per heavy atom. The number of tetrazole rings is 1. The molecule has 1 aliphatic heterocycles. The zero-order valence-electron chi connectivity index (χ0n) is 10.3. The number of hydrogen-bond donors (Lipinski definition) is 1. The van der Waals surface area contributed by atoms with Crippen molar-refractivity contribution in [2.75, 3.05) is 16.8 Å². The van der Waals surface area contributed by atoms with Crippen molar-refractivity contribution in [3.05, 3.63) is 30.3 Å². The molecular formula is C12H14FN5S. The lowest BCUT2D eigenvalue weighted by Crippen LogP contribution is -2.25. The second-order valence-electron chi connectivity index (χ2n) is 4.45. The summed E-state index contributed by atoms with van der Waals surface area (Å²) in [5.41, 5.74) is 1.27. The molecule has 1 aromatic heterocycles. The minimum atomic E-state index is -0.241. The zero-order valence-corrected chi connectivity index (χ0v) is 11.1. The first-order valence-electron chi connectivity index (χ1n) is 6.20. The fraction of sp³-hybridized carbons (Fsp3) is 0.417. The molecule has 19 heavy (non-hydrogen) atoms. The van der Waals surface area contributed by atoms with Gasteiger partial charge in [0.15, 0.2) is 0 Å². The monoisotopic (exact) mass is 279 g/mol. The van der Waals surface area contributed by atoms with Crippen LogP contribution in [0.15, 0.2) is 24.5 Å². The van der Waals surface area contributed by atoms with Gasteiger partial charge in [-0.2, -0.15) is 11.8 Å². The van der Waals surface area contributed by atoms with Crippen LogP contribution in [-0.4, -0.2) is 37.8 Å². The molecule has 1 N–H and O–H groups in total. The highest BCUT2D eigenvalue weighted by atomic mass is 32.2. The van der Waals surface area contributed by atoms with Crippen molar-refractivity contribution >= 4 is 17.4 Å². The van der Waals surface area contributed by atoms with Gasteiger partial charge < -0.3 is 5.32 Å². The third kappa shape index (κ3) is 2.86. The predicted molar refractivity (Wildman–Crippen MR) is 73.1 cm³/mol. The number of hydrogen-bond acceptors (Lipinski definition) is 5. The second-order valence-corrected chi connectivity index (χ2v) is 5.67. The maximum atomic E-state index is 13.8. The molecule has 5 nitrogen and oxygen atoms in total. The molecule has 1 aromatic carbocycles. The Morgan fingerprint density at radius 2 is 2.16 bits per heavy atom. The SMILES string of the molecule is Fc1ccc(-n2cnnn2)cc1NC1CCSCC1. The van der Waals surface area contributed by atoms with Gasteiger partial charge in [-0.1, -0.05) is 0 Å². The van der Waals surface area contributed by atoms with Gasteiger partial charge in [-0.15, -0.1) is 5.10 Å². The molecular weight excluding hydrogens is 265 g/mol. The van der Waals surface area contributed by atoms with Gasteiger partial charge in [0.25, 0.3) is 0 Å². The van der Waals surface area contributed by atoms with Crippen molar-refractivity contribution in [3.63, 3.8) is 0 Å². The van der Waals surface area contributed by atoms with Crippen LogP contribution in [0.3, 0.4) is 0 Å². The molecule has 0 aliphatic carbocycles. The highest BCUT2D eigenvalue weighted by Crippen LogP contribution is 2.24. The highest BCUT2D eigenvalue weighted by molar-refractivity contribution is 7.99. The number of halogens is 1. The van der Waals surface area contributed by atoms with E-state index >= 15 is 0 Å². The summed E-state index contributed by atoms with van der Waals surface area (Å²) in [5, 5.41) is 14.3. The average molecular weight is 279 g/mol. The Hall–Kier alpha value is -1.63. The summed E-state index contributed by atoms with van der Waals surface area (Å²) in [6.45, 7) is 0. The summed E-state index contributed by atoms with van der Waals surface area (Å²) in [7, 11) is 0. The fourth-order valence-corrected chi connectivity index (χ4v) is 3.21. The van der Waals surface area contributed by atoms with E-state index in [1.165, 1.54) is 17.1 Å². The van der Waals surface area contributed by atoms with Gasteiger partial charge in [0.05, 0.1) is 11.4 Å². The van der Waals surface area contributed by atoms with E-state index in [9.17, 15) is 4.39 Å². The van der Waals surface area contributed by atoms with Crippen LogP contribution >= 0.6 is 11.8 Å². The number of thioether (sulfide) groups is 1. The molecule has 100 valence electrons. The molecule has 1 aliphatic rings. The van der Waals surface area contributed by atoms with Gasteiger partial charge in [-0.3, -0.25) is 0 Å². The topological polar surface area (TPSA) is 55.6 Å². The molecule has 0 spiro atoms. The number of rotatable bonds is 3. The molecule has 0 bridgehead atoms. The van der Waals surface area contributed by atoms with Crippen LogP contribution in [0.25, 0.3) is 5.69 Å². The van der Waals surface area contributed by atoms with Gasteiger partial charge in [0.2, 0.25) is 0 Å². The highest BCUT2D eigenvalue weighted by Gasteiger charge is 2.15. The first-order valence-corrected chi connectivity index (χ1v) is 7.35. The van der Waals surface area contributed by atoms with Crippen molar-refractivity contribution in [2.45, 2.75) is 18.9 Å². The Morgan fingerprint density at radius 1 is 1.32 bits per heavy atom. The molecule has 0 amide bonds. The van der Waals surface area contributed by atoms with E-state index in [-0.39, 0.29) is 5.82 Å². The smallest absolute Gasteiger partial charge is 0.146 e. The standard InChI is InChI=1S/C12H14FN5S/c13-11-2-1-10(18-8-14-16-17-18)7-12(11)15-9-3-5-19-6-4-9/h1-2,7-9,15H,3-6H2. The normalized spacial score (nSPS) is 16.5. The summed E-state index contributed by atoms with van der Waals surface area (Å²) >= 11 is 1.95. The maximum absolute atomic E-state index is 13.8. The van der Waals surface area contributed by atoms with Crippen LogP contribution in [0.4, 0.5) is 10.1 Å². The number of benzene rings is 1. The number of anilines is 1. The Labute approximate surface area is 114 Å². The summed E-state index contributed by atoms with van der Waals surface area (Å²) in [6, 6.07) is 5.19. The van der Waals surface area contributed by atoms with Crippen LogP contribution in [0, 0.1) is 5.82 Å². The third-order valence-electron chi connectivity index (χ3n) is 3.14. The van der Waals surface area contributed by atoms with E-state index in [4.69, 9.17) is 0 Å². The van der Waals surface area contributed by atoms with E-state index < -0.39 is 0 Å². The first-order chi connectivity index (χ1) is 9.33. The lowest BCUT2D eigenvalue weighted by Gasteiger charge is -2.24. The molecule has 0 saturated carbocycles. The summed E-state index contributed by atoms with van der Waals surface area (Å²) in [4.78, 5) is 0. The van der Waals surface area contributed by atoms with Gasteiger partial charge in [-0.05, 0) is 53.0 Å². The summed E-state index contributed by atoms with van der Waals surface area (Å²) in [5.74, 6) is 2.02. The van der Waals surface area contributed by atoms with Crippen LogP contribution < -0.4 is 5.32 Å². The number of nitrogens with one attached hydrogen (secondary N) is 1. The number of nitrogens with zero attached hydrogens (tertiary/aromatic N) is 4. The Balaban J connectivity index is 1.81. The quantitative estimate of drug-likeness (QED) is 0.932. The van der Waals surface area contributed by atoms with Crippen molar-refractivity contribution in [2.24, 2.45) is 0 Å². The minimum absolute atomic E-state index is 0.241. The molecule has 0 radical (unpaired) electrons. The Kier molecular flexibility index (Phi) is 3.63. The molecule has 0 unspecified atom stereocenters. The molecule has 2 aromatic rings. The molecule has 7 heteroatoms. The molecule has 3 rings (SSSR count). The van der Waals surface area contributed by atoms with Crippen molar-refractivity contribution in [3.8, 4) is 5.69 Å². The first kappa shape index (κ1) is 12.4. The number of aromatic nitrogens is 4. The van der Waals surface area contributed by atoms with Crippen molar-refractivity contribution in [1.29, 1.82) is 0 Å². The fourth-order valence-electron chi connectivity index (χ4n) is 2.11. The lowest BCUT2D eigenvalue weighted by atomic mass is 10.1. The van der Waals surface area contributed by atoms with E-state index in [0.717, 1.165) is 30.0 Å². The van der Waals surface area contributed by atoms with E-state index in [2.05, 4.69) is 20.8 Å². The van der Waals surface area contributed by atoms with E-state index in [1.807, 2.05) is 11.8 Å². The largest absolute Gasteiger partial charge is 0.380 e. The minimum Gasteiger partial charge on any atom is -0.380 e.